The second-order valence-electron chi connectivity index (χ2n) is 5.95. The van der Waals surface area contributed by atoms with E-state index < -0.39 is 11.2 Å². The first-order valence-corrected chi connectivity index (χ1v) is 8.09. The van der Waals surface area contributed by atoms with Gasteiger partial charge in [0.1, 0.15) is 5.65 Å². The van der Waals surface area contributed by atoms with E-state index in [0.717, 1.165) is 19.4 Å². The van der Waals surface area contributed by atoms with Crippen LogP contribution in [0.1, 0.15) is 30.1 Å². The summed E-state index contributed by atoms with van der Waals surface area (Å²) in [5.74, 6) is 0.0319. The lowest BCUT2D eigenvalue weighted by molar-refractivity contribution is 0.0945. The van der Waals surface area contributed by atoms with Crippen LogP contribution in [0.2, 0.25) is 0 Å². The Morgan fingerprint density at radius 3 is 3.04 bits per heavy atom. The second kappa shape index (κ2) is 6.96. The fourth-order valence-electron chi connectivity index (χ4n) is 2.81. The van der Waals surface area contributed by atoms with Crippen molar-refractivity contribution in [2.45, 2.75) is 26.3 Å². The van der Waals surface area contributed by atoms with E-state index in [0.29, 0.717) is 36.8 Å². The van der Waals surface area contributed by atoms with E-state index in [-0.39, 0.29) is 11.3 Å². The molecule has 8 heteroatoms. The van der Waals surface area contributed by atoms with Gasteiger partial charge in [-0.1, -0.05) is 6.92 Å². The number of nitrogens with zero attached hydrogens (tertiary/aromatic N) is 2. The van der Waals surface area contributed by atoms with Crippen molar-refractivity contribution in [3.8, 4) is 0 Å². The van der Waals surface area contributed by atoms with E-state index >= 15 is 0 Å². The molecule has 1 fully saturated rings. The third-order valence-corrected chi connectivity index (χ3v) is 4.12. The molecule has 2 aromatic rings. The van der Waals surface area contributed by atoms with E-state index in [1.807, 2.05) is 6.92 Å². The van der Waals surface area contributed by atoms with Crippen LogP contribution in [0, 0.1) is 5.92 Å². The van der Waals surface area contributed by atoms with Gasteiger partial charge in [-0.05, 0) is 18.9 Å². The molecule has 0 bridgehead atoms. The first-order valence-electron chi connectivity index (χ1n) is 8.09. The summed E-state index contributed by atoms with van der Waals surface area (Å²) in [5.41, 5.74) is -0.422. The van der Waals surface area contributed by atoms with Crippen molar-refractivity contribution in [1.29, 1.82) is 0 Å². The van der Waals surface area contributed by atoms with Gasteiger partial charge in [0.2, 0.25) is 0 Å². The zero-order valence-corrected chi connectivity index (χ0v) is 13.5. The fourth-order valence-corrected chi connectivity index (χ4v) is 2.81. The fraction of sp³-hybridized carbons (Fsp3) is 0.500. The second-order valence-corrected chi connectivity index (χ2v) is 5.95. The molecule has 128 valence electrons. The highest BCUT2D eigenvalue weighted by atomic mass is 16.5. The van der Waals surface area contributed by atoms with Gasteiger partial charge >= 0.3 is 5.69 Å². The number of carbonyl (C=O) groups is 1. The molecule has 3 rings (SSSR count). The molecule has 1 atom stereocenters. The van der Waals surface area contributed by atoms with Gasteiger partial charge in [-0.15, -0.1) is 0 Å². The molecule has 24 heavy (non-hydrogen) atoms. The average molecular weight is 332 g/mol. The summed E-state index contributed by atoms with van der Waals surface area (Å²) in [6.45, 7) is 4.29. The Bertz CT molecular complexity index is 864. The van der Waals surface area contributed by atoms with Crippen molar-refractivity contribution >= 4 is 16.9 Å². The lowest BCUT2D eigenvalue weighted by Crippen LogP contribution is -2.32. The number of hydrogen-bond donors (Lipinski definition) is 2. The van der Waals surface area contributed by atoms with Crippen LogP contribution < -0.4 is 16.6 Å². The van der Waals surface area contributed by atoms with Crippen LogP contribution in [0.5, 0.6) is 0 Å². The minimum atomic E-state index is -0.534. The SMILES string of the molecule is CCCn1c(=O)[nH]c(=O)c2cc(C(=O)NC[C@H]3CCOC3)cnc21. The number of carbonyl (C=O) groups excluding carboxylic acids is 1. The summed E-state index contributed by atoms with van der Waals surface area (Å²) in [5, 5.41) is 3.07. The molecule has 0 aromatic carbocycles. The summed E-state index contributed by atoms with van der Waals surface area (Å²) < 4.78 is 6.69. The van der Waals surface area contributed by atoms with Gasteiger partial charge in [0, 0.05) is 31.8 Å². The zero-order valence-electron chi connectivity index (χ0n) is 13.5. The molecule has 0 spiro atoms. The predicted molar refractivity (Wildman–Crippen MR) is 88.2 cm³/mol. The largest absolute Gasteiger partial charge is 0.381 e. The van der Waals surface area contributed by atoms with Gasteiger partial charge in [-0.3, -0.25) is 19.1 Å². The van der Waals surface area contributed by atoms with Gasteiger partial charge in [0.05, 0.1) is 17.6 Å². The minimum absolute atomic E-state index is 0.236. The molecule has 0 radical (unpaired) electrons. The van der Waals surface area contributed by atoms with Crippen LogP contribution in [0.4, 0.5) is 0 Å². The molecule has 1 aliphatic heterocycles. The topological polar surface area (TPSA) is 106 Å². The third-order valence-electron chi connectivity index (χ3n) is 4.12. The Morgan fingerprint density at radius 1 is 1.50 bits per heavy atom. The van der Waals surface area contributed by atoms with E-state index in [1.165, 1.54) is 16.8 Å². The van der Waals surface area contributed by atoms with Crippen LogP contribution in [0.25, 0.3) is 11.0 Å². The van der Waals surface area contributed by atoms with Crippen LogP contribution >= 0.6 is 0 Å². The molecule has 2 N–H and O–H groups in total. The Morgan fingerprint density at radius 2 is 2.33 bits per heavy atom. The minimum Gasteiger partial charge on any atom is -0.381 e. The number of aromatic nitrogens is 3. The summed E-state index contributed by atoms with van der Waals surface area (Å²) in [6, 6.07) is 1.48. The molecule has 1 saturated heterocycles. The maximum absolute atomic E-state index is 12.3. The summed E-state index contributed by atoms with van der Waals surface area (Å²) in [6.07, 6.45) is 3.06. The Labute approximate surface area is 137 Å². The summed E-state index contributed by atoms with van der Waals surface area (Å²) in [4.78, 5) is 42.6. The third kappa shape index (κ3) is 3.23. The van der Waals surface area contributed by atoms with Crippen molar-refractivity contribution in [2.75, 3.05) is 19.8 Å². The molecule has 2 aromatic heterocycles. The molecule has 1 amide bonds. The number of nitrogens with one attached hydrogen (secondary N) is 2. The van der Waals surface area contributed by atoms with Crippen molar-refractivity contribution in [1.82, 2.24) is 19.9 Å². The molecular weight excluding hydrogens is 312 g/mol. The lowest BCUT2D eigenvalue weighted by Gasteiger charge is -2.11. The maximum Gasteiger partial charge on any atom is 0.329 e. The van der Waals surface area contributed by atoms with E-state index in [4.69, 9.17) is 4.74 Å². The van der Waals surface area contributed by atoms with Crippen LogP contribution in [0.3, 0.4) is 0 Å². The van der Waals surface area contributed by atoms with Crippen LogP contribution in [0.15, 0.2) is 21.9 Å². The molecule has 3 heterocycles. The number of rotatable bonds is 5. The van der Waals surface area contributed by atoms with Crippen molar-refractivity contribution in [2.24, 2.45) is 5.92 Å². The summed E-state index contributed by atoms with van der Waals surface area (Å²) >= 11 is 0. The molecule has 0 unspecified atom stereocenters. The summed E-state index contributed by atoms with van der Waals surface area (Å²) in [7, 11) is 0. The van der Waals surface area contributed by atoms with Crippen molar-refractivity contribution in [3.05, 3.63) is 38.7 Å². The highest BCUT2D eigenvalue weighted by Crippen LogP contribution is 2.12. The predicted octanol–water partition coefficient (Wildman–Crippen LogP) is 0.261. The average Bonchev–Trinajstić information content (AvgIpc) is 3.09. The normalized spacial score (nSPS) is 17.3. The highest BCUT2D eigenvalue weighted by Gasteiger charge is 2.18. The smallest absolute Gasteiger partial charge is 0.329 e. The molecule has 1 aliphatic rings. The zero-order chi connectivity index (χ0) is 17.1. The molecule has 0 saturated carbocycles. The molecule has 8 nitrogen and oxygen atoms in total. The number of hydrogen-bond acceptors (Lipinski definition) is 5. The standard InChI is InChI=1S/C16H20N4O4/c1-2-4-20-13-12(15(22)19-16(20)23)6-11(8-17-13)14(21)18-7-10-3-5-24-9-10/h6,8,10H,2-5,7,9H2,1H3,(H,18,21)(H,19,22,23)/t10-/m1/s1. The number of amides is 1. The van der Waals surface area contributed by atoms with Gasteiger partial charge < -0.3 is 10.1 Å². The van der Waals surface area contributed by atoms with Gasteiger partial charge in [0.25, 0.3) is 11.5 Å². The number of ether oxygens (including phenoxy) is 1. The maximum atomic E-state index is 12.3. The number of fused-ring (bicyclic) bond motifs is 1. The first kappa shape index (κ1) is 16.4. The van der Waals surface area contributed by atoms with Crippen LogP contribution in [-0.2, 0) is 11.3 Å². The Hall–Kier alpha value is -2.48. The van der Waals surface area contributed by atoms with E-state index in [9.17, 15) is 14.4 Å². The van der Waals surface area contributed by atoms with Gasteiger partial charge in [0.15, 0.2) is 0 Å². The lowest BCUT2D eigenvalue weighted by atomic mass is 10.1. The Kier molecular flexibility index (Phi) is 4.75. The van der Waals surface area contributed by atoms with Gasteiger partial charge in [-0.25, -0.2) is 9.78 Å². The quantitative estimate of drug-likeness (QED) is 0.817. The number of aromatic amines is 1. The number of pyridine rings is 1. The van der Waals surface area contributed by atoms with Gasteiger partial charge in [-0.2, -0.15) is 0 Å². The van der Waals surface area contributed by atoms with E-state index in [2.05, 4.69) is 15.3 Å². The van der Waals surface area contributed by atoms with Crippen molar-refractivity contribution < 1.29 is 9.53 Å². The highest BCUT2D eigenvalue weighted by molar-refractivity contribution is 5.96. The molecular formula is C16H20N4O4. The van der Waals surface area contributed by atoms with Crippen LogP contribution in [-0.4, -0.2) is 40.2 Å². The first-order chi connectivity index (χ1) is 11.6. The Balaban J connectivity index is 1.89. The van der Waals surface area contributed by atoms with E-state index in [1.54, 1.807) is 0 Å². The monoisotopic (exact) mass is 332 g/mol. The van der Waals surface area contributed by atoms with Crippen molar-refractivity contribution in [3.63, 3.8) is 0 Å². The number of H-pyrrole nitrogens is 1. The molecule has 0 aliphatic carbocycles. The number of aryl methyl sites for hydroxylation is 1.